The highest BCUT2D eigenvalue weighted by Gasteiger charge is 2.47. The molecule has 14 heteroatoms. The van der Waals surface area contributed by atoms with Crippen molar-refractivity contribution in [1.29, 1.82) is 0 Å². The monoisotopic (exact) mass is 554 g/mol. The lowest BCUT2D eigenvalue weighted by Crippen LogP contribution is -2.61. The topological polar surface area (TPSA) is 81.7 Å². The Kier molecular flexibility index (Phi) is 5.49. The standard InChI is InChI=1S/C25H26F5N7O2/c1-13-31-17-4-3-14(7-18(17)36(13)9-20(27)28)21-16(26)8-37-22(21)23(38-2)33-24(34-37)32-19-5-6-35(12-25(19,29)30)15-10-39-11-15/h3-4,7-8,15,19-20H,5-6,9-12H2,1-2H3,(H,32,34)/i2D3. The molecular formula is C25H26F5N7O2. The number of anilines is 1. The van der Waals surface area contributed by atoms with Crippen LogP contribution in [-0.4, -0.2) is 86.8 Å². The number of imidazole rings is 1. The molecule has 0 aliphatic carbocycles. The average molecular weight is 555 g/mol. The van der Waals surface area contributed by atoms with Crippen LogP contribution < -0.4 is 10.1 Å². The third kappa shape index (κ3) is 4.54. The van der Waals surface area contributed by atoms with Crippen molar-refractivity contribution in [1.82, 2.24) is 29.0 Å². The quantitative estimate of drug-likeness (QED) is 0.346. The molecule has 2 aliphatic rings. The lowest BCUT2D eigenvalue weighted by molar-refractivity contribution is -0.131. The number of ether oxygens (including phenoxy) is 2. The van der Waals surface area contributed by atoms with E-state index >= 15 is 13.2 Å². The summed E-state index contributed by atoms with van der Waals surface area (Å²) < 4.78 is 107. The fourth-order valence-corrected chi connectivity index (χ4v) is 5.24. The fraction of sp³-hybridized carbons (Fsp3) is 0.480. The summed E-state index contributed by atoms with van der Waals surface area (Å²) in [4.78, 5) is 10.0. The number of methoxy groups -OCH3 is 1. The van der Waals surface area contributed by atoms with Crippen molar-refractivity contribution in [3.8, 4) is 17.0 Å². The molecule has 1 N–H and O–H groups in total. The molecule has 0 spiro atoms. The number of rotatable bonds is 7. The maximum atomic E-state index is 15.5. The number of benzene rings is 1. The summed E-state index contributed by atoms with van der Waals surface area (Å²) >= 11 is 0. The van der Waals surface area contributed by atoms with E-state index in [2.05, 4.69) is 20.4 Å². The van der Waals surface area contributed by atoms with Crippen molar-refractivity contribution in [3.63, 3.8) is 0 Å². The molecule has 39 heavy (non-hydrogen) atoms. The van der Waals surface area contributed by atoms with E-state index in [1.54, 1.807) is 11.8 Å². The summed E-state index contributed by atoms with van der Waals surface area (Å²) in [5.74, 6) is -4.66. The number of piperidine rings is 1. The number of nitrogens with one attached hydrogen (secondary N) is 1. The van der Waals surface area contributed by atoms with E-state index < -0.39 is 50.2 Å². The molecule has 1 unspecified atom stereocenters. The second-order valence-corrected chi connectivity index (χ2v) is 9.76. The van der Waals surface area contributed by atoms with Gasteiger partial charge in [-0.2, -0.15) is 4.98 Å². The van der Waals surface area contributed by atoms with Gasteiger partial charge in [0.15, 0.2) is 5.82 Å². The Morgan fingerprint density at radius 2 is 2.10 bits per heavy atom. The van der Waals surface area contributed by atoms with Crippen molar-refractivity contribution in [2.24, 2.45) is 0 Å². The summed E-state index contributed by atoms with van der Waals surface area (Å²) in [6.45, 7) is 1.59. The van der Waals surface area contributed by atoms with Gasteiger partial charge in [0.25, 0.3) is 12.3 Å². The van der Waals surface area contributed by atoms with Crippen LogP contribution in [0.2, 0.25) is 0 Å². The van der Waals surface area contributed by atoms with Gasteiger partial charge in [-0.3, -0.25) is 4.90 Å². The van der Waals surface area contributed by atoms with Crippen LogP contribution in [0.5, 0.6) is 5.88 Å². The first-order valence-electron chi connectivity index (χ1n) is 13.8. The maximum Gasteiger partial charge on any atom is 0.280 e. The SMILES string of the molecule is [2H]C([2H])([2H])Oc1nc(NC2CCN(C3COC3)CC2(F)F)nn2cc(F)c(-c3ccc4nc(C)n(CC(F)F)c4c3)c12. The van der Waals surface area contributed by atoms with Gasteiger partial charge < -0.3 is 19.4 Å². The Morgan fingerprint density at radius 3 is 2.79 bits per heavy atom. The van der Waals surface area contributed by atoms with Gasteiger partial charge in [0.2, 0.25) is 11.8 Å². The highest BCUT2D eigenvalue weighted by Crippen LogP contribution is 2.37. The molecule has 208 valence electrons. The second kappa shape index (κ2) is 9.59. The average Bonchev–Trinajstić information content (AvgIpc) is 3.33. The molecule has 4 aromatic rings. The molecule has 2 saturated heterocycles. The van der Waals surface area contributed by atoms with Crippen LogP contribution in [0, 0.1) is 12.7 Å². The minimum absolute atomic E-state index is 0.0391. The molecule has 0 amide bonds. The van der Waals surface area contributed by atoms with E-state index in [0.29, 0.717) is 36.6 Å². The van der Waals surface area contributed by atoms with Gasteiger partial charge in [-0.25, -0.2) is 31.5 Å². The van der Waals surface area contributed by atoms with Crippen molar-refractivity contribution in [3.05, 3.63) is 36.0 Å². The summed E-state index contributed by atoms with van der Waals surface area (Å²) in [5, 5.41) is 6.73. The zero-order valence-electron chi connectivity index (χ0n) is 23.7. The van der Waals surface area contributed by atoms with E-state index in [-0.39, 0.29) is 35.1 Å². The smallest absolute Gasteiger partial charge is 0.280 e. The predicted molar refractivity (Wildman–Crippen MR) is 132 cm³/mol. The highest BCUT2D eigenvalue weighted by atomic mass is 19.3. The maximum absolute atomic E-state index is 15.5. The van der Waals surface area contributed by atoms with Gasteiger partial charge in [-0.15, -0.1) is 5.10 Å². The molecule has 1 aromatic carbocycles. The highest BCUT2D eigenvalue weighted by molar-refractivity contribution is 5.90. The third-order valence-corrected chi connectivity index (χ3v) is 7.27. The number of likely N-dealkylation sites (tertiary alicyclic amines) is 1. The third-order valence-electron chi connectivity index (χ3n) is 7.27. The van der Waals surface area contributed by atoms with Crippen molar-refractivity contribution in [2.45, 2.75) is 44.3 Å². The zero-order valence-corrected chi connectivity index (χ0v) is 20.7. The second-order valence-electron chi connectivity index (χ2n) is 9.76. The van der Waals surface area contributed by atoms with Crippen molar-refractivity contribution >= 4 is 22.5 Å². The number of nitrogens with zero attached hydrogens (tertiary/aromatic N) is 6. The zero-order chi connectivity index (χ0) is 30.0. The lowest BCUT2D eigenvalue weighted by atomic mass is 9.98. The molecule has 3 aromatic heterocycles. The summed E-state index contributed by atoms with van der Waals surface area (Å²) in [5.41, 5.74) is 0.558. The van der Waals surface area contributed by atoms with Crippen LogP contribution in [0.1, 0.15) is 16.4 Å². The van der Waals surface area contributed by atoms with Gasteiger partial charge in [0, 0.05) is 6.54 Å². The van der Waals surface area contributed by atoms with E-state index in [0.717, 1.165) is 10.7 Å². The number of aryl methyl sites for hydroxylation is 1. The summed E-state index contributed by atoms with van der Waals surface area (Å²) in [6, 6.07) is 3.01. The summed E-state index contributed by atoms with van der Waals surface area (Å²) in [6.07, 6.45) is -1.69. The van der Waals surface area contributed by atoms with Crippen LogP contribution in [0.3, 0.4) is 0 Å². The van der Waals surface area contributed by atoms with Crippen LogP contribution in [-0.2, 0) is 11.3 Å². The first-order chi connectivity index (χ1) is 19.8. The number of hydrogen-bond acceptors (Lipinski definition) is 7. The Labute approximate surface area is 223 Å². The number of halogens is 5. The molecule has 0 bridgehead atoms. The first kappa shape index (κ1) is 22.3. The minimum Gasteiger partial charge on any atom is -0.479 e. The number of hydrogen-bond donors (Lipinski definition) is 1. The van der Waals surface area contributed by atoms with Crippen molar-refractivity contribution < 1.29 is 35.5 Å². The van der Waals surface area contributed by atoms with Crippen LogP contribution in [0.4, 0.5) is 27.9 Å². The largest absolute Gasteiger partial charge is 0.479 e. The Balaban J connectivity index is 1.40. The molecular weight excluding hydrogens is 525 g/mol. The number of alkyl halides is 4. The van der Waals surface area contributed by atoms with Crippen LogP contribution >= 0.6 is 0 Å². The molecule has 9 nitrogen and oxygen atoms in total. The number of aromatic nitrogens is 5. The van der Waals surface area contributed by atoms with Gasteiger partial charge in [0.05, 0.1) is 72.3 Å². The summed E-state index contributed by atoms with van der Waals surface area (Å²) in [7, 11) is -3.03. The molecule has 2 aliphatic heterocycles. The van der Waals surface area contributed by atoms with E-state index in [1.807, 2.05) is 0 Å². The van der Waals surface area contributed by atoms with E-state index in [4.69, 9.17) is 13.6 Å². The Bertz CT molecular complexity index is 1640. The molecule has 0 radical (unpaired) electrons. The van der Waals surface area contributed by atoms with Gasteiger partial charge >= 0.3 is 0 Å². The first-order valence-corrected chi connectivity index (χ1v) is 12.3. The number of fused-ring (bicyclic) bond motifs is 2. The lowest BCUT2D eigenvalue weighted by Gasteiger charge is -2.44. The van der Waals surface area contributed by atoms with E-state index in [1.165, 1.54) is 22.8 Å². The molecule has 1 atom stereocenters. The molecule has 2 fully saturated rings. The van der Waals surface area contributed by atoms with Crippen LogP contribution in [0.25, 0.3) is 27.7 Å². The van der Waals surface area contributed by atoms with Gasteiger partial charge in [-0.05, 0) is 31.0 Å². The van der Waals surface area contributed by atoms with Gasteiger partial charge in [0.1, 0.15) is 11.3 Å². The van der Waals surface area contributed by atoms with Crippen LogP contribution in [0.15, 0.2) is 24.4 Å². The normalized spacial score (nSPS) is 21.6. The fourth-order valence-electron chi connectivity index (χ4n) is 5.24. The molecule has 0 saturated carbocycles. The van der Waals surface area contributed by atoms with Gasteiger partial charge in [-0.1, -0.05) is 6.07 Å². The predicted octanol–water partition coefficient (Wildman–Crippen LogP) is 3.99. The van der Waals surface area contributed by atoms with E-state index in [9.17, 15) is 8.78 Å². The Hall–Kier alpha value is -3.52. The molecule has 6 rings (SSSR count). The minimum atomic E-state index is -3.18. The Morgan fingerprint density at radius 1 is 1.28 bits per heavy atom. The van der Waals surface area contributed by atoms with Crippen molar-refractivity contribution in [2.75, 3.05) is 38.7 Å². The molecule has 5 heterocycles.